The number of carbonyl (C=O) groups is 1. The van der Waals surface area contributed by atoms with E-state index in [9.17, 15) is 4.79 Å². The molecule has 0 bridgehead atoms. The first-order valence-electron chi connectivity index (χ1n) is 10.0. The van der Waals surface area contributed by atoms with Crippen molar-refractivity contribution in [2.75, 3.05) is 13.1 Å². The van der Waals surface area contributed by atoms with Crippen LogP contribution in [0.1, 0.15) is 51.8 Å². The minimum absolute atomic E-state index is 0.0556. The van der Waals surface area contributed by atoms with Crippen LogP contribution in [0.4, 0.5) is 0 Å². The van der Waals surface area contributed by atoms with Crippen LogP contribution in [0.5, 0.6) is 0 Å². The largest absolute Gasteiger partial charge is 0.351 e. The molecule has 1 aliphatic rings. The summed E-state index contributed by atoms with van der Waals surface area (Å²) in [6.45, 7) is 3.46. The lowest BCUT2D eigenvalue weighted by Gasteiger charge is -2.38. The molecule has 2 aromatic heterocycles. The predicted molar refractivity (Wildman–Crippen MR) is 111 cm³/mol. The summed E-state index contributed by atoms with van der Waals surface area (Å²) in [5, 5.41) is 15.9. The van der Waals surface area contributed by atoms with E-state index in [1.165, 1.54) is 0 Å². The van der Waals surface area contributed by atoms with Gasteiger partial charge in [-0.05, 0) is 49.1 Å². The van der Waals surface area contributed by atoms with Crippen molar-refractivity contribution in [1.29, 1.82) is 5.26 Å². The fourth-order valence-corrected chi connectivity index (χ4v) is 3.92. The fraction of sp³-hybridized carbons (Fsp3) is 0.304. The van der Waals surface area contributed by atoms with E-state index in [0.717, 1.165) is 37.1 Å². The highest BCUT2D eigenvalue weighted by Crippen LogP contribution is 2.31. The molecular weight excluding hydrogens is 378 g/mol. The highest BCUT2D eigenvalue weighted by molar-refractivity contribution is 5.91. The van der Waals surface area contributed by atoms with Crippen LogP contribution in [0, 0.1) is 18.3 Å². The average molecular weight is 401 g/mol. The first kappa shape index (κ1) is 19.8. The van der Waals surface area contributed by atoms with Crippen LogP contribution in [0.2, 0.25) is 0 Å². The molecule has 1 aromatic carbocycles. The number of nitrogens with zero attached hydrogens (tertiary/aromatic N) is 4. The molecule has 7 nitrogen and oxygen atoms in total. The van der Waals surface area contributed by atoms with E-state index >= 15 is 0 Å². The number of rotatable bonds is 5. The van der Waals surface area contributed by atoms with Crippen LogP contribution >= 0.6 is 0 Å². The Hall–Kier alpha value is -3.50. The Morgan fingerprint density at radius 2 is 2.00 bits per heavy atom. The molecule has 1 amide bonds. The third kappa shape index (κ3) is 4.39. The predicted octanol–water partition coefficient (Wildman–Crippen LogP) is 3.23. The zero-order chi connectivity index (χ0) is 20.9. The Kier molecular flexibility index (Phi) is 5.87. The maximum Gasteiger partial charge on any atom is 0.290 e. The monoisotopic (exact) mass is 401 g/mol. The van der Waals surface area contributed by atoms with Crippen molar-refractivity contribution < 1.29 is 9.32 Å². The average Bonchev–Trinajstić information content (AvgIpc) is 3.23. The number of hydrogen-bond acceptors (Lipinski definition) is 6. The first-order valence-corrected chi connectivity index (χ1v) is 10.0. The molecule has 4 rings (SSSR count). The number of pyridine rings is 1. The van der Waals surface area contributed by atoms with Gasteiger partial charge in [0, 0.05) is 37.6 Å². The number of amides is 1. The number of piperidine rings is 1. The van der Waals surface area contributed by atoms with Crippen LogP contribution in [0.25, 0.3) is 0 Å². The van der Waals surface area contributed by atoms with Gasteiger partial charge in [0.05, 0.1) is 23.4 Å². The standard InChI is InChI=1S/C23H23N5O2/c1-16-13-21(30-27-16)23(29)26-20-8-11-28(12-9-20)22(19-3-2-10-25-15-19)18-6-4-17(14-24)5-7-18/h2-7,10,13,15,20,22H,8-9,11-12H2,1H3,(H,26,29). The third-order valence-electron chi connectivity index (χ3n) is 5.44. The van der Waals surface area contributed by atoms with E-state index in [1.54, 1.807) is 19.2 Å². The summed E-state index contributed by atoms with van der Waals surface area (Å²) in [6, 6.07) is 15.7. The minimum atomic E-state index is -0.218. The molecule has 1 aliphatic heterocycles. The molecular formula is C23H23N5O2. The number of aryl methyl sites for hydroxylation is 1. The molecule has 1 unspecified atom stereocenters. The lowest BCUT2D eigenvalue weighted by Crippen LogP contribution is -2.45. The van der Waals surface area contributed by atoms with Gasteiger partial charge in [0.15, 0.2) is 0 Å². The zero-order valence-electron chi connectivity index (χ0n) is 16.8. The maximum absolute atomic E-state index is 12.4. The van der Waals surface area contributed by atoms with Crippen LogP contribution < -0.4 is 5.32 Å². The summed E-state index contributed by atoms with van der Waals surface area (Å²) in [4.78, 5) is 19.1. The topological polar surface area (TPSA) is 95.1 Å². The van der Waals surface area contributed by atoms with Crippen molar-refractivity contribution in [3.05, 3.63) is 83.0 Å². The number of benzene rings is 1. The summed E-state index contributed by atoms with van der Waals surface area (Å²) in [5.74, 6) is 0.0331. The summed E-state index contributed by atoms with van der Waals surface area (Å²) in [7, 11) is 0. The molecule has 1 fully saturated rings. The Labute approximate surface area is 175 Å². The Morgan fingerprint density at radius 1 is 1.23 bits per heavy atom. The molecule has 0 radical (unpaired) electrons. The molecule has 1 saturated heterocycles. The molecule has 3 heterocycles. The molecule has 1 atom stereocenters. The molecule has 0 spiro atoms. The van der Waals surface area contributed by atoms with Gasteiger partial charge in [0.2, 0.25) is 5.76 Å². The second-order valence-electron chi connectivity index (χ2n) is 7.54. The van der Waals surface area contributed by atoms with Crippen LogP contribution in [-0.2, 0) is 0 Å². The van der Waals surface area contributed by atoms with E-state index in [-0.39, 0.29) is 23.8 Å². The Bertz CT molecular complexity index is 1030. The van der Waals surface area contributed by atoms with Crippen molar-refractivity contribution in [3.63, 3.8) is 0 Å². The van der Waals surface area contributed by atoms with Crippen LogP contribution in [0.3, 0.4) is 0 Å². The lowest BCUT2D eigenvalue weighted by atomic mass is 9.94. The van der Waals surface area contributed by atoms with Gasteiger partial charge in [-0.2, -0.15) is 5.26 Å². The van der Waals surface area contributed by atoms with Gasteiger partial charge < -0.3 is 9.84 Å². The second kappa shape index (κ2) is 8.89. The molecule has 30 heavy (non-hydrogen) atoms. The van der Waals surface area contributed by atoms with Crippen molar-refractivity contribution in [1.82, 2.24) is 20.4 Å². The van der Waals surface area contributed by atoms with Crippen molar-refractivity contribution in [3.8, 4) is 6.07 Å². The fourth-order valence-electron chi connectivity index (χ4n) is 3.92. The number of carbonyl (C=O) groups excluding carboxylic acids is 1. The number of nitrogens with one attached hydrogen (secondary N) is 1. The van der Waals surface area contributed by atoms with Gasteiger partial charge in [0.1, 0.15) is 0 Å². The zero-order valence-corrected chi connectivity index (χ0v) is 16.8. The first-order chi connectivity index (χ1) is 14.6. The van der Waals surface area contributed by atoms with E-state index < -0.39 is 0 Å². The number of aromatic nitrogens is 2. The molecule has 0 aliphatic carbocycles. The molecule has 0 saturated carbocycles. The Balaban J connectivity index is 1.46. The summed E-state index contributed by atoms with van der Waals surface area (Å²) in [5.41, 5.74) is 3.58. The molecule has 3 aromatic rings. The molecule has 1 N–H and O–H groups in total. The highest BCUT2D eigenvalue weighted by atomic mass is 16.5. The highest BCUT2D eigenvalue weighted by Gasteiger charge is 2.28. The number of hydrogen-bond donors (Lipinski definition) is 1. The van der Waals surface area contributed by atoms with E-state index in [4.69, 9.17) is 9.78 Å². The van der Waals surface area contributed by atoms with Gasteiger partial charge in [0.25, 0.3) is 5.91 Å². The van der Waals surface area contributed by atoms with Crippen molar-refractivity contribution >= 4 is 5.91 Å². The normalized spacial score (nSPS) is 16.0. The van der Waals surface area contributed by atoms with E-state index in [1.807, 2.05) is 36.5 Å². The summed E-state index contributed by atoms with van der Waals surface area (Å²) >= 11 is 0. The SMILES string of the molecule is Cc1cc(C(=O)NC2CCN(C(c3ccc(C#N)cc3)c3cccnc3)CC2)on1. The maximum atomic E-state index is 12.4. The Morgan fingerprint density at radius 3 is 2.60 bits per heavy atom. The molecule has 152 valence electrons. The van der Waals surface area contributed by atoms with E-state index in [0.29, 0.717) is 11.3 Å². The van der Waals surface area contributed by atoms with Gasteiger partial charge in [-0.3, -0.25) is 14.7 Å². The number of nitriles is 1. The summed E-state index contributed by atoms with van der Waals surface area (Å²) in [6.07, 6.45) is 5.34. The van der Waals surface area contributed by atoms with Gasteiger partial charge in [-0.15, -0.1) is 0 Å². The lowest BCUT2D eigenvalue weighted by molar-refractivity contribution is 0.0864. The van der Waals surface area contributed by atoms with Gasteiger partial charge in [-0.25, -0.2) is 0 Å². The number of likely N-dealkylation sites (tertiary alicyclic amines) is 1. The van der Waals surface area contributed by atoms with Crippen LogP contribution in [0.15, 0.2) is 59.4 Å². The quantitative estimate of drug-likeness (QED) is 0.705. The third-order valence-corrected chi connectivity index (χ3v) is 5.44. The molecule has 7 heteroatoms. The minimum Gasteiger partial charge on any atom is -0.351 e. The smallest absolute Gasteiger partial charge is 0.290 e. The van der Waals surface area contributed by atoms with Gasteiger partial charge in [-0.1, -0.05) is 23.4 Å². The van der Waals surface area contributed by atoms with Crippen molar-refractivity contribution in [2.24, 2.45) is 0 Å². The van der Waals surface area contributed by atoms with E-state index in [2.05, 4.69) is 32.5 Å². The second-order valence-corrected chi connectivity index (χ2v) is 7.54. The van der Waals surface area contributed by atoms with Crippen LogP contribution in [-0.4, -0.2) is 40.1 Å². The van der Waals surface area contributed by atoms with Gasteiger partial charge >= 0.3 is 0 Å². The summed E-state index contributed by atoms with van der Waals surface area (Å²) < 4.78 is 5.06. The van der Waals surface area contributed by atoms with Crippen molar-refractivity contribution in [2.45, 2.75) is 31.8 Å².